The van der Waals surface area contributed by atoms with E-state index in [9.17, 15) is 9.59 Å². The summed E-state index contributed by atoms with van der Waals surface area (Å²) in [4.78, 5) is 28.7. The molecule has 1 N–H and O–H groups in total. The van der Waals surface area contributed by atoms with Crippen molar-refractivity contribution in [1.82, 2.24) is 25.2 Å². The van der Waals surface area contributed by atoms with Crippen molar-refractivity contribution >= 4 is 35.0 Å². The van der Waals surface area contributed by atoms with Crippen LogP contribution in [0.25, 0.3) is 5.69 Å². The predicted molar refractivity (Wildman–Crippen MR) is 118 cm³/mol. The minimum absolute atomic E-state index is 0.117. The first-order chi connectivity index (χ1) is 14.7. The number of nitrogens with zero attached hydrogens (tertiary/aromatic N) is 4. The number of aromatic nitrogens is 3. The zero-order valence-electron chi connectivity index (χ0n) is 17.3. The van der Waals surface area contributed by atoms with Crippen molar-refractivity contribution in [3.05, 3.63) is 75.5 Å². The molecule has 0 fully saturated rings. The van der Waals surface area contributed by atoms with Crippen molar-refractivity contribution in [2.24, 2.45) is 0 Å². The van der Waals surface area contributed by atoms with Crippen molar-refractivity contribution in [1.29, 1.82) is 0 Å². The molecule has 0 saturated heterocycles. The summed E-state index contributed by atoms with van der Waals surface area (Å²) in [5.41, 5.74) is 1.62. The number of hydrogen-bond donors (Lipinski definition) is 1. The quantitative estimate of drug-likeness (QED) is 0.639. The summed E-state index contributed by atoms with van der Waals surface area (Å²) in [5.74, 6) is -0.672. The second-order valence-corrected chi connectivity index (χ2v) is 9.16. The molecule has 0 spiro atoms. The number of amides is 2. The van der Waals surface area contributed by atoms with E-state index in [0.29, 0.717) is 27.5 Å². The second-order valence-electron chi connectivity index (χ2n) is 8.37. The zero-order valence-corrected chi connectivity index (χ0v) is 18.8. The van der Waals surface area contributed by atoms with E-state index in [2.05, 4.69) is 15.6 Å². The number of para-hydroxylation sites is 1. The highest BCUT2D eigenvalue weighted by molar-refractivity contribution is 6.42. The monoisotopic (exact) mass is 457 g/mol. The van der Waals surface area contributed by atoms with Crippen LogP contribution in [0.15, 0.2) is 48.7 Å². The molecular formula is C22H21Cl2N5O2. The molecule has 3 aromatic rings. The lowest BCUT2D eigenvalue weighted by Gasteiger charge is -2.33. The smallest absolute Gasteiger partial charge is 0.257 e. The van der Waals surface area contributed by atoms with E-state index in [1.807, 2.05) is 26.8 Å². The van der Waals surface area contributed by atoms with E-state index < -0.39 is 11.6 Å². The van der Waals surface area contributed by atoms with Crippen molar-refractivity contribution in [2.45, 2.75) is 38.9 Å². The van der Waals surface area contributed by atoms with E-state index in [1.54, 1.807) is 47.3 Å². The Morgan fingerprint density at radius 3 is 2.61 bits per heavy atom. The van der Waals surface area contributed by atoms with Gasteiger partial charge in [-0.2, -0.15) is 0 Å². The fourth-order valence-electron chi connectivity index (χ4n) is 3.64. The Hall–Kier alpha value is -2.90. The van der Waals surface area contributed by atoms with E-state index in [0.717, 1.165) is 0 Å². The van der Waals surface area contributed by atoms with Gasteiger partial charge in [-0.1, -0.05) is 52.7 Å². The maximum absolute atomic E-state index is 13.7. The zero-order chi connectivity index (χ0) is 22.3. The Morgan fingerprint density at radius 2 is 1.87 bits per heavy atom. The van der Waals surface area contributed by atoms with Crippen LogP contribution in [0.4, 0.5) is 0 Å². The van der Waals surface area contributed by atoms with E-state index >= 15 is 0 Å². The van der Waals surface area contributed by atoms with Gasteiger partial charge in [-0.3, -0.25) is 9.59 Å². The highest BCUT2D eigenvalue weighted by Crippen LogP contribution is 2.36. The highest BCUT2D eigenvalue weighted by Gasteiger charge is 2.38. The molecule has 2 aromatic carbocycles. The molecule has 2 heterocycles. The summed E-state index contributed by atoms with van der Waals surface area (Å²) in [5, 5.41) is 11.6. The van der Waals surface area contributed by atoms with E-state index in [1.165, 1.54) is 4.90 Å². The van der Waals surface area contributed by atoms with Crippen LogP contribution in [0.2, 0.25) is 10.0 Å². The van der Waals surface area contributed by atoms with Crippen LogP contribution < -0.4 is 5.32 Å². The fraction of sp³-hybridized carbons (Fsp3) is 0.273. The van der Waals surface area contributed by atoms with E-state index in [-0.39, 0.29) is 23.4 Å². The molecule has 2 amide bonds. The number of halogens is 2. The molecule has 31 heavy (non-hydrogen) atoms. The molecule has 0 radical (unpaired) electrons. The van der Waals surface area contributed by atoms with Crippen LogP contribution in [0.5, 0.6) is 0 Å². The Kier molecular flexibility index (Phi) is 5.49. The molecule has 9 heteroatoms. The average molecular weight is 458 g/mol. The summed E-state index contributed by atoms with van der Waals surface area (Å²) in [6, 6.07) is 11.2. The first-order valence-corrected chi connectivity index (χ1v) is 10.5. The number of benzene rings is 2. The molecule has 0 saturated carbocycles. The standard InChI is InChI=1S/C22H21Cl2N5O2/c1-22(2,3)26-20(30)19(15-8-6-9-16(23)18(15)24)28-12-13-11-25-27-29(13)17-10-5-4-7-14(17)21(28)31/h4-11,19H,12H2,1-3H3,(H,26,30). The molecule has 1 atom stereocenters. The lowest BCUT2D eigenvalue weighted by molar-refractivity contribution is -0.127. The molecule has 1 aliphatic rings. The molecule has 0 bridgehead atoms. The Bertz CT molecular complexity index is 1170. The van der Waals surface area contributed by atoms with Crippen molar-refractivity contribution < 1.29 is 9.59 Å². The largest absolute Gasteiger partial charge is 0.349 e. The van der Waals surface area contributed by atoms with Crippen LogP contribution in [0, 0.1) is 0 Å². The van der Waals surface area contributed by atoms with Gasteiger partial charge in [0.2, 0.25) is 5.91 Å². The average Bonchev–Trinajstić information content (AvgIpc) is 3.13. The summed E-state index contributed by atoms with van der Waals surface area (Å²) in [6.07, 6.45) is 1.58. The second kappa shape index (κ2) is 7.98. The molecule has 4 rings (SSSR count). The van der Waals surface area contributed by atoms with Gasteiger partial charge in [0.05, 0.1) is 39.7 Å². The first kappa shape index (κ1) is 21.3. The van der Waals surface area contributed by atoms with Crippen LogP contribution in [-0.4, -0.2) is 37.2 Å². The molecule has 7 nitrogen and oxygen atoms in total. The first-order valence-electron chi connectivity index (χ1n) is 9.73. The summed E-state index contributed by atoms with van der Waals surface area (Å²) < 4.78 is 1.62. The normalized spacial score (nSPS) is 14.5. The number of rotatable bonds is 3. The molecule has 160 valence electrons. The Morgan fingerprint density at radius 1 is 1.13 bits per heavy atom. The van der Waals surface area contributed by atoms with Gasteiger partial charge in [0.15, 0.2) is 0 Å². The number of carbonyl (C=O) groups is 2. The third-order valence-corrected chi connectivity index (χ3v) is 5.74. The number of nitrogens with one attached hydrogen (secondary N) is 1. The predicted octanol–water partition coefficient (Wildman–Crippen LogP) is 4.19. The van der Waals surface area contributed by atoms with Crippen LogP contribution in [0.1, 0.15) is 48.4 Å². The van der Waals surface area contributed by atoms with Crippen molar-refractivity contribution in [3.63, 3.8) is 0 Å². The lowest BCUT2D eigenvalue weighted by Crippen LogP contribution is -2.49. The van der Waals surface area contributed by atoms with Gasteiger partial charge in [0.1, 0.15) is 6.04 Å². The number of hydrogen-bond acceptors (Lipinski definition) is 4. The van der Waals surface area contributed by atoms with E-state index in [4.69, 9.17) is 23.2 Å². The lowest BCUT2D eigenvalue weighted by atomic mass is 10.0. The van der Waals surface area contributed by atoms with Crippen molar-refractivity contribution in [2.75, 3.05) is 0 Å². The summed E-state index contributed by atoms with van der Waals surface area (Å²) in [6.45, 7) is 5.74. The molecule has 1 unspecified atom stereocenters. The summed E-state index contributed by atoms with van der Waals surface area (Å²) in [7, 11) is 0. The minimum Gasteiger partial charge on any atom is -0.349 e. The number of fused-ring (bicyclic) bond motifs is 3. The molecule has 0 aliphatic carbocycles. The SMILES string of the molecule is CC(C)(C)NC(=O)C(c1cccc(Cl)c1Cl)N1Cc2cnnn2-c2ccccc2C1=O. The molecule has 1 aromatic heterocycles. The van der Waals surface area contributed by atoms with Gasteiger partial charge in [-0.25, -0.2) is 4.68 Å². The fourth-order valence-corrected chi connectivity index (χ4v) is 4.05. The van der Waals surface area contributed by atoms with Gasteiger partial charge < -0.3 is 10.2 Å². The van der Waals surface area contributed by atoms with Crippen LogP contribution in [-0.2, 0) is 11.3 Å². The van der Waals surface area contributed by atoms with Gasteiger partial charge in [0, 0.05) is 11.1 Å². The maximum atomic E-state index is 13.7. The third-order valence-electron chi connectivity index (χ3n) is 4.91. The third kappa shape index (κ3) is 4.03. The summed E-state index contributed by atoms with van der Waals surface area (Å²) >= 11 is 12.8. The van der Waals surface area contributed by atoms with Crippen molar-refractivity contribution in [3.8, 4) is 5.69 Å². The van der Waals surface area contributed by atoms with Crippen LogP contribution in [0.3, 0.4) is 0 Å². The van der Waals surface area contributed by atoms with Gasteiger partial charge in [0.25, 0.3) is 5.91 Å². The van der Waals surface area contributed by atoms with Crippen LogP contribution >= 0.6 is 23.2 Å². The maximum Gasteiger partial charge on any atom is 0.257 e. The van der Waals surface area contributed by atoms with Gasteiger partial charge in [-0.05, 0) is 39.0 Å². The molecule has 1 aliphatic heterocycles. The number of carbonyl (C=O) groups excluding carboxylic acids is 2. The Labute approximate surface area is 189 Å². The Balaban J connectivity index is 1.90. The highest BCUT2D eigenvalue weighted by atomic mass is 35.5. The van der Waals surface area contributed by atoms with Gasteiger partial charge >= 0.3 is 0 Å². The topological polar surface area (TPSA) is 80.1 Å². The molecular weight excluding hydrogens is 437 g/mol. The minimum atomic E-state index is -1.01. The van der Waals surface area contributed by atoms with Gasteiger partial charge in [-0.15, -0.1) is 5.10 Å².